The van der Waals surface area contributed by atoms with Gasteiger partial charge in [-0.3, -0.25) is 4.98 Å². The zero-order chi connectivity index (χ0) is 13.7. The number of imidazole rings is 1. The third kappa shape index (κ3) is 4.44. The van der Waals surface area contributed by atoms with Crippen molar-refractivity contribution in [1.82, 2.24) is 19.9 Å². The van der Waals surface area contributed by atoms with Crippen LogP contribution in [0, 0.1) is 5.92 Å². The molecule has 0 aromatic carbocycles. The summed E-state index contributed by atoms with van der Waals surface area (Å²) in [7, 11) is 0. The summed E-state index contributed by atoms with van der Waals surface area (Å²) in [4.78, 5) is 8.78. The number of hydrogen-bond donors (Lipinski definition) is 1. The molecular weight excluding hydrogens is 304 g/mol. The Morgan fingerprint density at radius 1 is 1.32 bits per heavy atom. The fraction of sp³-hybridized carbons (Fsp3) is 0.429. The normalized spacial score (nSPS) is 11.2. The van der Waals surface area contributed by atoms with Gasteiger partial charge in [-0.05, 0) is 40.5 Å². The number of nitrogens with zero attached hydrogens (tertiary/aromatic N) is 3. The van der Waals surface area contributed by atoms with Crippen molar-refractivity contribution < 1.29 is 0 Å². The number of halogens is 1. The summed E-state index contributed by atoms with van der Waals surface area (Å²) in [6.45, 7) is 6.95. The molecule has 0 saturated heterocycles. The first-order valence-corrected chi connectivity index (χ1v) is 7.25. The Balaban J connectivity index is 1.97. The second kappa shape index (κ2) is 6.82. The van der Waals surface area contributed by atoms with Crippen LogP contribution in [0.15, 0.2) is 35.2 Å². The molecule has 2 heterocycles. The first kappa shape index (κ1) is 14.2. The van der Waals surface area contributed by atoms with E-state index in [-0.39, 0.29) is 0 Å². The number of pyridine rings is 1. The summed E-state index contributed by atoms with van der Waals surface area (Å²) >= 11 is 3.39. The maximum atomic E-state index is 4.39. The second-order valence-electron chi connectivity index (χ2n) is 4.96. The molecule has 4 nitrogen and oxygen atoms in total. The molecule has 0 aliphatic carbocycles. The molecule has 0 atom stereocenters. The Bertz CT molecular complexity index is 504. The minimum Gasteiger partial charge on any atom is -0.328 e. The molecule has 1 N–H and O–H groups in total. The summed E-state index contributed by atoms with van der Waals surface area (Å²) < 4.78 is 3.13. The maximum Gasteiger partial charge on any atom is 0.123 e. The van der Waals surface area contributed by atoms with Gasteiger partial charge in [-0.15, -0.1) is 0 Å². The third-order valence-electron chi connectivity index (χ3n) is 2.76. The first-order valence-electron chi connectivity index (χ1n) is 6.46. The van der Waals surface area contributed by atoms with Crippen molar-refractivity contribution in [3.05, 3.63) is 46.7 Å². The van der Waals surface area contributed by atoms with Crippen molar-refractivity contribution in [2.75, 3.05) is 6.54 Å². The zero-order valence-corrected chi connectivity index (χ0v) is 12.9. The molecule has 0 aliphatic heterocycles. The van der Waals surface area contributed by atoms with Crippen LogP contribution in [0.5, 0.6) is 0 Å². The second-order valence-corrected chi connectivity index (χ2v) is 5.88. The minimum absolute atomic E-state index is 0.650. The molecule has 2 rings (SSSR count). The smallest absolute Gasteiger partial charge is 0.123 e. The molecule has 0 bridgehead atoms. The van der Waals surface area contributed by atoms with Crippen LogP contribution < -0.4 is 5.32 Å². The Morgan fingerprint density at radius 2 is 2.16 bits per heavy atom. The van der Waals surface area contributed by atoms with Crippen molar-refractivity contribution >= 4 is 15.9 Å². The summed E-state index contributed by atoms with van der Waals surface area (Å²) in [5.74, 6) is 1.70. The molecule has 0 fully saturated rings. The first-order chi connectivity index (χ1) is 9.15. The SMILES string of the molecule is CC(C)CNCc1nccn1Cc1ccc(Br)cn1. The average Bonchev–Trinajstić information content (AvgIpc) is 2.79. The fourth-order valence-corrected chi connectivity index (χ4v) is 2.03. The molecule has 2 aromatic heterocycles. The van der Waals surface area contributed by atoms with Crippen molar-refractivity contribution in [1.29, 1.82) is 0 Å². The highest BCUT2D eigenvalue weighted by atomic mass is 79.9. The molecule has 0 amide bonds. The molecule has 0 aliphatic rings. The zero-order valence-electron chi connectivity index (χ0n) is 11.3. The van der Waals surface area contributed by atoms with Crippen LogP contribution >= 0.6 is 15.9 Å². The molecule has 0 radical (unpaired) electrons. The van der Waals surface area contributed by atoms with Crippen molar-refractivity contribution in [3.63, 3.8) is 0 Å². The van der Waals surface area contributed by atoms with Crippen LogP contribution in [0.2, 0.25) is 0 Å². The summed E-state index contributed by atoms with van der Waals surface area (Å²) in [5.41, 5.74) is 1.03. The van der Waals surface area contributed by atoms with Gasteiger partial charge in [0.1, 0.15) is 5.82 Å². The maximum absolute atomic E-state index is 4.39. The van der Waals surface area contributed by atoms with E-state index in [0.29, 0.717) is 5.92 Å². The van der Waals surface area contributed by atoms with E-state index < -0.39 is 0 Å². The summed E-state index contributed by atoms with van der Waals surface area (Å²) in [6, 6.07) is 4.03. The minimum atomic E-state index is 0.650. The van der Waals surface area contributed by atoms with Crippen molar-refractivity contribution in [2.24, 2.45) is 5.92 Å². The van der Waals surface area contributed by atoms with Gasteiger partial charge in [0, 0.05) is 23.1 Å². The van der Waals surface area contributed by atoms with Gasteiger partial charge >= 0.3 is 0 Å². The van der Waals surface area contributed by atoms with Gasteiger partial charge in [-0.25, -0.2) is 4.98 Å². The third-order valence-corrected chi connectivity index (χ3v) is 3.23. The van der Waals surface area contributed by atoms with Crippen LogP contribution in [0.25, 0.3) is 0 Å². The van der Waals surface area contributed by atoms with Gasteiger partial charge in [0.15, 0.2) is 0 Å². The number of aromatic nitrogens is 3. The Morgan fingerprint density at radius 3 is 2.84 bits per heavy atom. The molecule has 19 heavy (non-hydrogen) atoms. The topological polar surface area (TPSA) is 42.7 Å². The van der Waals surface area contributed by atoms with Crippen molar-refractivity contribution in [2.45, 2.75) is 26.9 Å². The highest BCUT2D eigenvalue weighted by molar-refractivity contribution is 9.10. The van der Waals surface area contributed by atoms with E-state index in [1.165, 1.54) is 0 Å². The highest BCUT2D eigenvalue weighted by Gasteiger charge is 2.04. The van der Waals surface area contributed by atoms with Gasteiger partial charge in [0.05, 0.1) is 18.8 Å². The van der Waals surface area contributed by atoms with E-state index in [1.807, 2.05) is 30.7 Å². The number of hydrogen-bond acceptors (Lipinski definition) is 3. The lowest BCUT2D eigenvalue weighted by Gasteiger charge is -2.10. The summed E-state index contributed by atoms with van der Waals surface area (Å²) in [6.07, 6.45) is 5.66. The van der Waals surface area contributed by atoms with Crippen LogP contribution in [-0.4, -0.2) is 21.1 Å². The van der Waals surface area contributed by atoms with Gasteiger partial charge in [0.25, 0.3) is 0 Å². The molecule has 102 valence electrons. The molecular formula is C14H19BrN4. The largest absolute Gasteiger partial charge is 0.328 e. The molecule has 0 unspecified atom stereocenters. The number of rotatable bonds is 6. The standard InChI is InChI=1S/C14H19BrN4/c1-11(2)7-16-9-14-17-5-6-19(14)10-13-4-3-12(15)8-18-13/h3-6,8,11,16H,7,9-10H2,1-2H3. The van der Waals surface area contributed by atoms with E-state index in [0.717, 1.165) is 35.6 Å². The van der Waals surface area contributed by atoms with E-state index in [4.69, 9.17) is 0 Å². The lowest BCUT2D eigenvalue weighted by molar-refractivity contribution is 0.532. The lowest BCUT2D eigenvalue weighted by atomic mass is 10.2. The Kier molecular flexibility index (Phi) is 5.10. The monoisotopic (exact) mass is 322 g/mol. The van der Waals surface area contributed by atoms with Gasteiger partial charge in [0.2, 0.25) is 0 Å². The highest BCUT2D eigenvalue weighted by Crippen LogP contribution is 2.09. The fourth-order valence-electron chi connectivity index (χ4n) is 1.80. The summed E-state index contributed by atoms with van der Waals surface area (Å²) in [5, 5.41) is 3.41. The van der Waals surface area contributed by atoms with Crippen LogP contribution in [0.4, 0.5) is 0 Å². The molecule has 0 saturated carbocycles. The molecule has 0 spiro atoms. The van der Waals surface area contributed by atoms with E-state index in [2.05, 4.69) is 49.6 Å². The van der Waals surface area contributed by atoms with Crippen LogP contribution in [0.1, 0.15) is 25.4 Å². The van der Waals surface area contributed by atoms with Gasteiger partial charge in [-0.1, -0.05) is 13.8 Å². The van der Waals surface area contributed by atoms with E-state index >= 15 is 0 Å². The van der Waals surface area contributed by atoms with Crippen LogP contribution in [0.3, 0.4) is 0 Å². The van der Waals surface area contributed by atoms with Gasteiger partial charge in [-0.2, -0.15) is 0 Å². The van der Waals surface area contributed by atoms with Crippen LogP contribution in [-0.2, 0) is 13.1 Å². The average molecular weight is 323 g/mol. The Labute approximate surface area is 122 Å². The predicted octanol–water partition coefficient (Wildman–Crippen LogP) is 2.83. The van der Waals surface area contributed by atoms with E-state index in [9.17, 15) is 0 Å². The van der Waals surface area contributed by atoms with E-state index in [1.54, 1.807) is 0 Å². The Hall–Kier alpha value is -1.20. The molecule has 5 heteroatoms. The molecule has 2 aromatic rings. The quantitative estimate of drug-likeness (QED) is 0.889. The van der Waals surface area contributed by atoms with Gasteiger partial charge < -0.3 is 9.88 Å². The van der Waals surface area contributed by atoms with Crippen molar-refractivity contribution in [3.8, 4) is 0 Å². The number of nitrogens with one attached hydrogen (secondary N) is 1. The lowest BCUT2D eigenvalue weighted by Crippen LogP contribution is -2.21. The predicted molar refractivity (Wildman–Crippen MR) is 79.8 cm³/mol.